The molecule has 0 heterocycles. The molecule has 132 valence electrons. The molecule has 1 aliphatic rings. The summed E-state index contributed by atoms with van der Waals surface area (Å²) in [7, 11) is 1.68. The first kappa shape index (κ1) is 17.7. The Morgan fingerprint density at radius 3 is 2.48 bits per heavy atom. The number of methoxy groups -OCH3 is 1. The molecule has 0 unspecified atom stereocenters. The summed E-state index contributed by atoms with van der Waals surface area (Å²) in [6.07, 6.45) is 5.60. The molecule has 1 amide bonds. The van der Waals surface area contributed by atoms with Crippen LogP contribution < -0.4 is 0 Å². The van der Waals surface area contributed by atoms with Crippen LogP contribution in [0.5, 0.6) is 0 Å². The Hall–Kier alpha value is -2.13. The predicted molar refractivity (Wildman–Crippen MR) is 101 cm³/mol. The predicted octanol–water partition coefficient (Wildman–Crippen LogP) is 4.46. The fourth-order valence-corrected chi connectivity index (χ4v) is 3.69. The summed E-state index contributed by atoms with van der Waals surface area (Å²) >= 11 is 0. The number of hydrogen-bond acceptors (Lipinski definition) is 2. The van der Waals surface area contributed by atoms with Crippen molar-refractivity contribution < 1.29 is 9.53 Å². The van der Waals surface area contributed by atoms with E-state index in [-0.39, 0.29) is 5.91 Å². The molecule has 0 atom stereocenters. The van der Waals surface area contributed by atoms with Crippen molar-refractivity contribution in [1.82, 2.24) is 4.90 Å². The van der Waals surface area contributed by atoms with Gasteiger partial charge in [-0.25, -0.2) is 0 Å². The van der Waals surface area contributed by atoms with Crippen LogP contribution >= 0.6 is 0 Å². The number of carbonyl (C=O) groups is 1. The van der Waals surface area contributed by atoms with Gasteiger partial charge in [0.05, 0.1) is 6.61 Å². The first-order chi connectivity index (χ1) is 12.3. The molecule has 3 heteroatoms. The quantitative estimate of drug-likeness (QED) is 0.746. The molecule has 2 aromatic rings. The Kier molecular flexibility index (Phi) is 6.24. The molecule has 2 aromatic carbocycles. The summed E-state index contributed by atoms with van der Waals surface area (Å²) in [5.41, 5.74) is 3.10. The third-order valence-corrected chi connectivity index (χ3v) is 5.00. The Morgan fingerprint density at radius 2 is 1.76 bits per heavy atom. The van der Waals surface area contributed by atoms with Crippen molar-refractivity contribution in [2.45, 2.75) is 44.8 Å². The minimum Gasteiger partial charge on any atom is -0.380 e. The normalized spacial score (nSPS) is 14.6. The first-order valence-electron chi connectivity index (χ1n) is 9.20. The van der Waals surface area contributed by atoms with E-state index >= 15 is 0 Å². The second-order valence-electron chi connectivity index (χ2n) is 6.81. The summed E-state index contributed by atoms with van der Waals surface area (Å²) in [6, 6.07) is 18.6. The van der Waals surface area contributed by atoms with E-state index < -0.39 is 0 Å². The molecule has 0 aromatic heterocycles. The van der Waals surface area contributed by atoms with E-state index in [0.717, 1.165) is 36.9 Å². The maximum Gasteiger partial charge on any atom is 0.254 e. The summed E-state index contributed by atoms with van der Waals surface area (Å²) in [6.45, 7) is 1.32. The van der Waals surface area contributed by atoms with Crippen LogP contribution in [0.3, 0.4) is 0 Å². The Labute approximate surface area is 150 Å². The van der Waals surface area contributed by atoms with Crippen molar-refractivity contribution in [3.63, 3.8) is 0 Å². The lowest BCUT2D eigenvalue weighted by Crippen LogP contribution is -2.40. The fourth-order valence-electron chi connectivity index (χ4n) is 3.69. The molecule has 0 radical (unpaired) electrons. The Balaban J connectivity index is 1.76. The van der Waals surface area contributed by atoms with Crippen molar-refractivity contribution in [3.8, 4) is 0 Å². The lowest BCUT2D eigenvalue weighted by molar-refractivity contribution is 0.0683. The van der Waals surface area contributed by atoms with Crippen molar-refractivity contribution in [3.05, 3.63) is 71.3 Å². The number of hydrogen-bond donors (Lipinski definition) is 0. The standard InChI is InChI=1S/C22H27NO2/c1-25-17-19-10-7-11-20(16-19)22(24)23(21-12-5-6-13-21)15-14-18-8-3-2-4-9-18/h2-4,7-11,16,21H,5-6,12-15,17H2,1H3. The van der Waals surface area contributed by atoms with E-state index in [4.69, 9.17) is 4.74 Å². The minimum atomic E-state index is 0.154. The highest BCUT2D eigenvalue weighted by molar-refractivity contribution is 5.94. The summed E-state index contributed by atoms with van der Waals surface area (Å²) < 4.78 is 5.20. The van der Waals surface area contributed by atoms with Gasteiger partial charge in [-0.2, -0.15) is 0 Å². The average molecular weight is 337 g/mol. The molecule has 25 heavy (non-hydrogen) atoms. The maximum atomic E-state index is 13.2. The molecule has 0 saturated heterocycles. The van der Waals surface area contributed by atoms with Crippen molar-refractivity contribution >= 4 is 5.91 Å². The third-order valence-electron chi connectivity index (χ3n) is 5.00. The van der Waals surface area contributed by atoms with E-state index in [0.29, 0.717) is 12.6 Å². The topological polar surface area (TPSA) is 29.5 Å². The van der Waals surface area contributed by atoms with Crippen molar-refractivity contribution in [2.75, 3.05) is 13.7 Å². The van der Waals surface area contributed by atoms with Gasteiger partial charge in [0.25, 0.3) is 5.91 Å². The van der Waals surface area contributed by atoms with Gasteiger partial charge in [0.15, 0.2) is 0 Å². The number of amides is 1. The van der Waals surface area contributed by atoms with Gasteiger partial charge < -0.3 is 9.64 Å². The zero-order valence-corrected chi connectivity index (χ0v) is 15.0. The van der Waals surface area contributed by atoms with E-state index in [9.17, 15) is 4.79 Å². The van der Waals surface area contributed by atoms with Gasteiger partial charge in [0, 0.05) is 25.3 Å². The van der Waals surface area contributed by atoms with E-state index in [2.05, 4.69) is 29.2 Å². The molecule has 0 N–H and O–H groups in total. The molecule has 0 bridgehead atoms. The summed E-state index contributed by atoms with van der Waals surface area (Å²) in [5.74, 6) is 0.154. The Bertz CT molecular complexity index is 677. The zero-order chi connectivity index (χ0) is 17.5. The number of benzene rings is 2. The van der Waals surface area contributed by atoms with Crippen molar-refractivity contribution in [1.29, 1.82) is 0 Å². The highest BCUT2D eigenvalue weighted by atomic mass is 16.5. The van der Waals surface area contributed by atoms with Gasteiger partial charge >= 0.3 is 0 Å². The highest BCUT2D eigenvalue weighted by Gasteiger charge is 2.27. The molecule has 3 rings (SSSR count). The average Bonchev–Trinajstić information content (AvgIpc) is 3.17. The fraction of sp³-hybridized carbons (Fsp3) is 0.409. The van der Waals surface area contributed by atoms with Gasteiger partial charge in [-0.15, -0.1) is 0 Å². The molecule has 1 fully saturated rings. The van der Waals surface area contributed by atoms with Crippen LogP contribution in [0, 0.1) is 0 Å². The van der Waals surface area contributed by atoms with E-state index in [1.54, 1.807) is 7.11 Å². The largest absolute Gasteiger partial charge is 0.380 e. The second kappa shape index (κ2) is 8.82. The smallest absolute Gasteiger partial charge is 0.254 e. The SMILES string of the molecule is COCc1cccc(C(=O)N(CCc2ccccc2)C2CCCC2)c1. The van der Waals surface area contributed by atoms with Crippen LogP contribution in [0.15, 0.2) is 54.6 Å². The number of carbonyl (C=O) groups excluding carboxylic acids is 1. The highest BCUT2D eigenvalue weighted by Crippen LogP contribution is 2.25. The van der Waals surface area contributed by atoms with Crippen LogP contribution in [-0.4, -0.2) is 30.5 Å². The van der Waals surface area contributed by atoms with Crippen LogP contribution in [0.2, 0.25) is 0 Å². The third kappa shape index (κ3) is 4.70. The number of nitrogens with zero attached hydrogens (tertiary/aromatic N) is 1. The maximum absolute atomic E-state index is 13.2. The minimum absolute atomic E-state index is 0.154. The number of ether oxygens (including phenoxy) is 1. The monoisotopic (exact) mass is 337 g/mol. The molecular weight excluding hydrogens is 310 g/mol. The number of rotatable bonds is 7. The molecule has 1 aliphatic carbocycles. The van der Waals surface area contributed by atoms with Crippen molar-refractivity contribution in [2.24, 2.45) is 0 Å². The molecule has 0 spiro atoms. The summed E-state index contributed by atoms with van der Waals surface area (Å²) in [4.78, 5) is 15.3. The second-order valence-corrected chi connectivity index (χ2v) is 6.81. The Morgan fingerprint density at radius 1 is 1.04 bits per heavy atom. The first-order valence-corrected chi connectivity index (χ1v) is 9.20. The van der Waals surface area contributed by atoms with Crippen LogP contribution in [0.25, 0.3) is 0 Å². The summed E-state index contributed by atoms with van der Waals surface area (Å²) in [5, 5.41) is 0. The van der Waals surface area contributed by atoms with E-state index in [1.165, 1.54) is 18.4 Å². The van der Waals surface area contributed by atoms with E-state index in [1.807, 2.05) is 30.3 Å². The van der Waals surface area contributed by atoms with Gasteiger partial charge in [0.1, 0.15) is 0 Å². The zero-order valence-electron chi connectivity index (χ0n) is 15.0. The van der Waals surface area contributed by atoms with Gasteiger partial charge in [-0.05, 0) is 42.5 Å². The molecule has 3 nitrogen and oxygen atoms in total. The lowest BCUT2D eigenvalue weighted by atomic mass is 10.1. The van der Waals surface area contributed by atoms with Crippen LogP contribution in [0.1, 0.15) is 47.2 Å². The molecule has 0 aliphatic heterocycles. The van der Waals surface area contributed by atoms with Gasteiger partial charge in [-0.3, -0.25) is 4.79 Å². The lowest BCUT2D eigenvalue weighted by Gasteiger charge is -2.29. The molecule has 1 saturated carbocycles. The van der Waals surface area contributed by atoms with Gasteiger partial charge in [-0.1, -0.05) is 55.3 Å². The molecular formula is C22H27NO2. The van der Waals surface area contributed by atoms with Crippen LogP contribution in [-0.2, 0) is 17.8 Å². The van der Waals surface area contributed by atoms with Crippen LogP contribution in [0.4, 0.5) is 0 Å². The van der Waals surface area contributed by atoms with Gasteiger partial charge in [0.2, 0.25) is 0 Å².